The van der Waals surface area contributed by atoms with Crippen LogP contribution in [-0.4, -0.2) is 43.8 Å². The van der Waals surface area contributed by atoms with Crippen LogP contribution in [0.1, 0.15) is 71.1 Å². The van der Waals surface area contributed by atoms with Gasteiger partial charge in [0.1, 0.15) is 6.54 Å². The van der Waals surface area contributed by atoms with Crippen molar-refractivity contribution in [3.05, 3.63) is 0 Å². The van der Waals surface area contributed by atoms with Gasteiger partial charge in [-0.15, -0.1) is 0 Å². The highest BCUT2D eigenvalue weighted by molar-refractivity contribution is 5.81. The van der Waals surface area contributed by atoms with Crippen molar-refractivity contribution in [3.8, 4) is 0 Å². The van der Waals surface area contributed by atoms with E-state index >= 15 is 0 Å². The van der Waals surface area contributed by atoms with Gasteiger partial charge in [-0.2, -0.15) is 0 Å². The number of rotatable bonds is 13. The van der Waals surface area contributed by atoms with Crippen LogP contribution in [0.15, 0.2) is 0 Å². The van der Waals surface area contributed by atoms with Gasteiger partial charge in [0.05, 0.1) is 13.7 Å². The van der Waals surface area contributed by atoms with Crippen molar-refractivity contribution in [3.63, 3.8) is 0 Å². The number of nitrogens with one attached hydrogen (secondary N) is 1. The van der Waals surface area contributed by atoms with E-state index in [9.17, 15) is 9.59 Å². The number of carbonyl (C=O) groups excluding carboxylic acids is 2. The fourth-order valence-corrected chi connectivity index (χ4v) is 1.93. The molecule has 0 heterocycles. The van der Waals surface area contributed by atoms with Crippen LogP contribution in [0.4, 0.5) is 0 Å². The van der Waals surface area contributed by atoms with Crippen molar-refractivity contribution in [2.24, 2.45) is 5.73 Å². The minimum atomic E-state index is -0.402. The summed E-state index contributed by atoms with van der Waals surface area (Å²) < 4.78 is 4.44. The Bertz CT molecular complexity index is 271. The third-order valence-electron chi connectivity index (χ3n) is 3.29. The molecule has 6 nitrogen and oxygen atoms in total. The first-order valence-electron chi connectivity index (χ1n) is 8.76. The molecule has 0 aliphatic carbocycles. The minimum Gasteiger partial charge on any atom is -0.468 e. The van der Waals surface area contributed by atoms with E-state index in [0.717, 1.165) is 12.8 Å². The normalized spacial score (nSPS) is 9.74. The largest absolute Gasteiger partial charge is 0.468 e. The lowest BCUT2D eigenvalue weighted by Crippen LogP contribution is -2.29. The molecule has 6 heteroatoms. The average molecular weight is 332 g/mol. The van der Waals surface area contributed by atoms with Crippen LogP contribution in [0.3, 0.4) is 0 Å². The number of esters is 1. The molecular weight excluding hydrogens is 296 g/mol. The second kappa shape index (κ2) is 20.9. The smallest absolute Gasteiger partial charge is 0.325 e. The van der Waals surface area contributed by atoms with Crippen molar-refractivity contribution in [1.29, 1.82) is 0 Å². The lowest BCUT2D eigenvalue weighted by Gasteiger charge is -2.04. The number of aliphatic hydroxyl groups excluding tert-OH is 1. The molecule has 0 aliphatic rings. The van der Waals surface area contributed by atoms with Crippen LogP contribution >= 0.6 is 0 Å². The molecule has 0 unspecified atom stereocenters. The number of hydrogen-bond donors (Lipinski definition) is 3. The van der Waals surface area contributed by atoms with Gasteiger partial charge in [0, 0.05) is 13.0 Å². The van der Waals surface area contributed by atoms with Gasteiger partial charge in [0.15, 0.2) is 0 Å². The Morgan fingerprint density at radius 1 is 1.00 bits per heavy atom. The second-order valence-corrected chi connectivity index (χ2v) is 5.44. The van der Waals surface area contributed by atoms with Gasteiger partial charge in [0.25, 0.3) is 0 Å². The van der Waals surface area contributed by atoms with Gasteiger partial charge in [0.2, 0.25) is 5.91 Å². The molecule has 0 aliphatic heterocycles. The van der Waals surface area contributed by atoms with Gasteiger partial charge in [-0.05, 0) is 6.42 Å². The molecule has 0 spiro atoms. The monoisotopic (exact) mass is 332 g/mol. The van der Waals surface area contributed by atoms with Crippen molar-refractivity contribution in [1.82, 2.24) is 5.32 Å². The molecule has 0 aromatic rings. The number of aliphatic hydroxyl groups is 1. The lowest BCUT2D eigenvalue weighted by atomic mass is 10.1. The van der Waals surface area contributed by atoms with E-state index in [2.05, 4.69) is 17.0 Å². The summed E-state index contributed by atoms with van der Waals surface area (Å²) in [6, 6.07) is 0. The summed E-state index contributed by atoms with van der Waals surface area (Å²) in [4.78, 5) is 22.2. The van der Waals surface area contributed by atoms with E-state index < -0.39 is 5.97 Å². The first-order chi connectivity index (χ1) is 11.1. The second-order valence-electron chi connectivity index (χ2n) is 5.44. The SMILES string of the molecule is CCCCCCCCCCCC(=O)NCC(=O)OC.NCCO. The Labute approximate surface area is 141 Å². The van der Waals surface area contributed by atoms with E-state index in [1.165, 1.54) is 52.1 Å². The topological polar surface area (TPSA) is 102 Å². The van der Waals surface area contributed by atoms with Gasteiger partial charge in [-0.1, -0.05) is 58.3 Å². The number of unbranched alkanes of at least 4 members (excludes halogenated alkanes) is 8. The first kappa shape index (κ1) is 24.1. The summed E-state index contributed by atoms with van der Waals surface area (Å²) in [6.45, 7) is 2.68. The standard InChI is InChI=1S/C15H29NO3.C2H7NO/c1-3-4-5-6-7-8-9-10-11-12-14(17)16-13-15(18)19-2;3-1-2-4/h3-13H2,1-2H3,(H,16,17);4H,1-3H2. The third-order valence-corrected chi connectivity index (χ3v) is 3.29. The maximum absolute atomic E-state index is 11.4. The summed E-state index contributed by atoms with van der Waals surface area (Å²) in [5, 5.41) is 10.3. The predicted octanol–water partition coefficient (Wildman–Crippen LogP) is 2.13. The van der Waals surface area contributed by atoms with E-state index in [-0.39, 0.29) is 19.1 Å². The van der Waals surface area contributed by atoms with Crippen LogP contribution in [0.5, 0.6) is 0 Å². The maximum atomic E-state index is 11.4. The number of hydrogen-bond acceptors (Lipinski definition) is 5. The van der Waals surface area contributed by atoms with Gasteiger partial charge < -0.3 is 20.9 Å². The molecular formula is C17H36N2O4. The Morgan fingerprint density at radius 3 is 1.91 bits per heavy atom. The number of carbonyl (C=O) groups is 2. The molecule has 0 fully saturated rings. The highest BCUT2D eigenvalue weighted by Gasteiger charge is 2.04. The van der Waals surface area contributed by atoms with E-state index in [0.29, 0.717) is 13.0 Å². The summed E-state index contributed by atoms with van der Waals surface area (Å²) in [5.74, 6) is -0.464. The number of amides is 1. The first-order valence-corrected chi connectivity index (χ1v) is 8.76. The highest BCUT2D eigenvalue weighted by atomic mass is 16.5. The molecule has 23 heavy (non-hydrogen) atoms. The Hall–Kier alpha value is -1.14. The Balaban J connectivity index is 0. The van der Waals surface area contributed by atoms with Crippen molar-refractivity contribution >= 4 is 11.9 Å². The molecule has 0 radical (unpaired) electrons. The van der Waals surface area contributed by atoms with Gasteiger partial charge in [-0.25, -0.2) is 0 Å². The van der Waals surface area contributed by atoms with Crippen molar-refractivity contribution < 1.29 is 19.4 Å². The van der Waals surface area contributed by atoms with Crippen LogP contribution < -0.4 is 11.1 Å². The van der Waals surface area contributed by atoms with Crippen LogP contribution in [0, 0.1) is 0 Å². The van der Waals surface area contributed by atoms with Gasteiger partial charge in [-0.3, -0.25) is 9.59 Å². The quantitative estimate of drug-likeness (QED) is 0.354. The Kier molecular flexibility index (Phi) is 21.9. The van der Waals surface area contributed by atoms with E-state index in [4.69, 9.17) is 10.8 Å². The van der Waals surface area contributed by atoms with Crippen LogP contribution in [0.2, 0.25) is 0 Å². The molecule has 1 amide bonds. The number of methoxy groups -OCH3 is 1. The van der Waals surface area contributed by atoms with Crippen molar-refractivity contribution in [2.75, 3.05) is 26.8 Å². The molecule has 0 atom stereocenters. The molecule has 0 saturated carbocycles. The maximum Gasteiger partial charge on any atom is 0.325 e. The zero-order valence-electron chi connectivity index (χ0n) is 14.9. The Morgan fingerprint density at radius 2 is 1.48 bits per heavy atom. The highest BCUT2D eigenvalue weighted by Crippen LogP contribution is 2.10. The number of nitrogens with two attached hydrogens (primary N) is 1. The fraction of sp³-hybridized carbons (Fsp3) is 0.882. The summed E-state index contributed by atoms with van der Waals surface area (Å²) in [7, 11) is 1.31. The predicted molar refractivity (Wildman–Crippen MR) is 93.0 cm³/mol. The fourth-order valence-electron chi connectivity index (χ4n) is 1.93. The van der Waals surface area contributed by atoms with Crippen molar-refractivity contribution in [2.45, 2.75) is 71.1 Å². The number of ether oxygens (including phenoxy) is 1. The zero-order valence-corrected chi connectivity index (χ0v) is 14.9. The van der Waals surface area contributed by atoms with Crippen LogP contribution in [-0.2, 0) is 14.3 Å². The third kappa shape index (κ3) is 23.3. The van der Waals surface area contributed by atoms with E-state index in [1.54, 1.807) is 0 Å². The minimum absolute atomic E-state index is 0.0211. The summed E-state index contributed by atoms with van der Waals surface area (Å²) in [6.07, 6.45) is 11.6. The molecule has 0 aromatic carbocycles. The van der Waals surface area contributed by atoms with E-state index in [1.807, 2.05) is 0 Å². The molecule has 0 aromatic heterocycles. The lowest BCUT2D eigenvalue weighted by molar-refractivity contribution is -0.141. The molecule has 0 rings (SSSR count). The molecule has 138 valence electrons. The van der Waals surface area contributed by atoms with Crippen LogP contribution in [0.25, 0.3) is 0 Å². The molecule has 4 N–H and O–H groups in total. The summed E-state index contributed by atoms with van der Waals surface area (Å²) in [5.41, 5.74) is 4.78. The molecule has 0 bridgehead atoms. The zero-order chi connectivity index (χ0) is 17.8. The summed E-state index contributed by atoms with van der Waals surface area (Å²) >= 11 is 0. The average Bonchev–Trinajstić information content (AvgIpc) is 2.58. The molecule has 0 saturated heterocycles. The van der Waals surface area contributed by atoms with Gasteiger partial charge >= 0.3 is 5.97 Å².